The van der Waals surface area contributed by atoms with Gasteiger partial charge in [0.25, 0.3) is 0 Å². The van der Waals surface area contributed by atoms with E-state index in [9.17, 15) is 13.2 Å². The number of nitrogens with one attached hydrogen (secondary N) is 1. The van der Waals surface area contributed by atoms with Crippen LogP contribution in [0.1, 0.15) is 17.3 Å². The van der Waals surface area contributed by atoms with Crippen molar-refractivity contribution in [1.82, 2.24) is 15.1 Å². The predicted molar refractivity (Wildman–Crippen MR) is 45.8 cm³/mol. The first-order chi connectivity index (χ1) is 6.38. The number of aromatic nitrogens is 2. The maximum absolute atomic E-state index is 12.5. The molecule has 0 radical (unpaired) electrons. The fourth-order valence-corrected chi connectivity index (χ4v) is 1.29. The standard InChI is InChI=1S/C8H12F3N3/c1-5-6(4-13-14(5)3)7(12-2)8(9,10)11/h4,7,12H,1-3H3. The molecule has 1 atom stereocenters. The summed E-state index contributed by atoms with van der Waals surface area (Å²) in [7, 11) is 2.90. The molecule has 0 spiro atoms. The summed E-state index contributed by atoms with van der Waals surface area (Å²) in [5.74, 6) is 0. The van der Waals surface area contributed by atoms with Gasteiger partial charge in [0, 0.05) is 18.3 Å². The summed E-state index contributed by atoms with van der Waals surface area (Å²) in [6.45, 7) is 1.61. The van der Waals surface area contributed by atoms with Gasteiger partial charge in [0.15, 0.2) is 0 Å². The van der Waals surface area contributed by atoms with Crippen LogP contribution in [0.3, 0.4) is 0 Å². The van der Waals surface area contributed by atoms with Crippen molar-refractivity contribution in [3.8, 4) is 0 Å². The first-order valence-electron chi connectivity index (χ1n) is 4.10. The number of hydrogen-bond donors (Lipinski definition) is 1. The van der Waals surface area contributed by atoms with Gasteiger partial charge in [-0.2, -0.15) is 18.3 Å². The van der Waals surface area contributed by atoms with Crippen LogP contribution in [0.4, 0.5) is 13.2 Å². The highest BCUT2D eigenvalue weighted by Gasteiger charge is 2.41. The predicted octanol–water partition coefficient (Wildman–Crippen LogP) is 1.55. The number of aryl methyl sites for hydroxylation is 1. The molecule has 1 N–H and O–H groups in total. The van der Waals surface area contributed by atoms with Crippen molar-refractivity contribution in [3.05, 3.63) is 17.5 Å². The molecule has 1 aromatic heterocycles. The van der Waals surface area contributed by atoms with Crippen LogP contribution in [0.5, 0.6) is 0 Å². The summed E-state index contributed by atoms with van der Waals surface area (Å²) in [5, 5.41) is 6.01. The molecule has 3 nitrogen and oxygen atoms in total. The highest BCUT2D eigenvalue weighted by atomic mass is 19.4. The molecular formula is C8H12F3N3. The zero-order valence-electron chi connectivity index (χ0n) is 8.18. The molecule has 14 heavy (non-hydrogen) atoms. The van der Waals surface area contributed by atoms with Crippen molar-refractivity contribution < 1.29 is 13.2 Å². The smallest absolute Gasteiger partial charge is 0.305 e. The van der Waals surface area contributed by atoms with E-state index in [2.05, 4.69) is 10.4 Å². The molecule has 0 aliphatic rings. The minimum Gasteiger partial charge on any atom is -0.305 e. The monoisotopic (exact) mass is 207 g/mol. The quantitative estimate of drug-likeness (QED) is 0.797. The van der Waals surface area contributed by atoms with Crippen LogP contribution in [0, 0.1) is 6.92 Å². The Balaban J connectivity index is 3.08. The molecule has 1 aromatic rings. The minimum absolute atomic E-state index is 0.169. The fraction of sp³-hybridized carbons (Fsp3) is 0.625. The molecule has 80 valence electrons. The Labute approximate surface area is 79.9 Å². The van der Waals surface area contributed by atoms with Gasteiger partial charge in [-0.15, -0.1) is 0 Å². The van der Waals surface area contributed by atoms with E-state index >= 15 is 0 Å². The van der Waals surface area contributed by atoms with Crippen LogP contribution in [-0.2, 0) is 7.05 Å². The molecule has 0 saturated heterocycles. The van der Waals surface area contributed by atoms with E-state index in [4.69, 9.17) is 0 Å². The number of alkyl halides is 3. The topological polar surface area (TPSA) is 29.9 Å². The third kappa shape index (κ3) is 1.89. The second-order valence-electron chi connectivity index (χ2n) is 3.07. The van der Waals surface area contributed by atoms with E-state index in [-0.39, 0.29) is 5.56 Å². The minimum atomic E-state index is -4.29. The molecule has 6 heteroatoms. The maximum Gasteiger partial charge on any atom is 0.408 e. The second kappa shape index (κ2) is 3.61. The highest BCUT2D eigenvalue weighted by molar-refractivity contribution is 5.21. The Morgan fingerprint density at radius 3 is 2.36 bits per heavy atom. The van der Waals surface area contributed by atoms with E-state index in [0.717, 1.165) is 0 Å². The molecule has 0 aliphatic carbocycles. The van der Waals surface area contributed by atoms with Gasteiger partial charge in [0.2, 0.25) is 0 Å². The summed E-state index contributed by atoms with van der Waals surface area (Å²) < 4.78 is 38.9. The lowest BCUT2D eigenvalue weighted by Crippen LogP contribution is -2.31. The zero-order valence-corrected chi connectivity index (χ0v) is 8.18. The molecule has 1 unspecified atom stereocenters. The first-order valence-corrected chi connectivity index (χ1v) is 4.10. The Bertz CT molecular complexity index is 316. The Hall–Kier alpha value is -1.04. The molecule has 0 aromatic carbocycles. The molecule has 0 bridgehead atoms. The number of hydrogen-bond acceptors (Lipinski definition) is 2. The lowest BCUT2D eigenvalue weighted by Gasteiger charge is -2.19. The Kier molecular flexibility index (Phi) is 2.84. The normalized spacial score (nSPS) is 14.4. The summed E-state index contributed by atoms with van der Waals surface area (Å²) in [4.78, 5) is 0. The summed E-state index contributed by atoms with van der Waals surface area (Å²) in [6, 6.07) is -1.64. The molecule has 1 rings (SSSR count). The Morgan fingerprint density at radius 2 is 2.07 bits per heavy atom. The SMILES string of the molecule is CNC(c1cnn(C)c1C)C(F)(F)F. The van der Waals surface area contributed by atoms with Gasteiger partial charge >= 0.3 is 6.18 Å². The molecule has 0 fully saturated rings. The molecule has 0 saturated carbocycles. The number of nitrogens with zero attached hydrogens (tertiary/aromatic N) is 2. The van der Waals surface area contributed by atoms with Crippen LogP contribution in [0.2, 0.25) is 0 Å². The molecular weight excluding hydrogens is 195 g/mol. The van der Waals surface area contributed by atoms with Crippen LogP contribution in [0.15, 0.2) is 6.20 Å². The maximum atomic E-state index is 12.5. The first kappa shape index (κ1) is 11.0. The van der Waals surface area contributed by atoms with Crippen molar-refractivity contribution >= 4 is 0 Å². The van der Waals surface area contributed by atoms with Crippen molar-refractivity contribution in [2.45, 2.75) is 19.1 Å². The lowest BCUT2D eigenvalue weighted by molar-refractivity contribution is -0.156. The summed E-state index contributed by atoms with van der Waals surface area (Å²) >= 11 is 0. The van der Waals surface area contributed by atoms with Gasteiger partial charge in [0.05, 0.1) is 6.20 Å². The summed E-state index contributed by atoms with van der Waals surface area (Å²) in [5.41, 5.74) is 0.684. The van der Waals surface area contributed by atoms with E-state index < -0.39 is 12.2 Å². The van der Waals surface area contributed by atoms with Crippen LogP contribution in [0.25, 0.3) is 0 Å². The van der Waals surface area contributed by atoms with Gasteiger partial charge in [-0.3, -0.25) is 4.68 Å². The van der Waals surface area contributed by atoms with Crippen LogP contribution in [-0.4, -0.2) is 23.0 Å². The van der Waals surface area contributed by atoms with Crippen LogP contribution < -0.4 is 5.32 Å². The largest absolute Gasteiger partial charge is 0.408 e. The van der Waals surface area contributed by atoms with Gasteiger partial charge in [-0.25, -0.2) is 0 Å². The van der Waals surface area contributed by atoms with Gasteiger partial charge in [0.1, 0.15) is 6.04 Å². The summed E-state index contributed by atoms with van der Waals surface area (Å²) in [6.07, 6.45) is -3.05. The third-order valence-corrected chi connectivity index (χ3v) is 2.20. The van der Waals surface area contributed by atoms with Crippen molar-refractivity contribution in [2.24, 2.45) is 7.05 Å². The zero-order chi connectivity index (χ0) is 10.9. The number of halogens is 3. The van der Waals surface area contributed by atoms with Gasteiger partial charge in [-0.1, -0.05) is 0 Å². The highest BCUT2D eigenvalue weighted by Crippen LogP contribution is 2.33. The van der Waals surface area contributed by atoms with Crippen molar-refractivity contribution in [1.29, 1.82) is 0 Å². The second-order valence-corrected chi connectivity index (χ2v) is 3.07. The van der Waals surface area contributed by atoms with Gasteiger partial charge < -0.3 is 5.32 Å². The van der Waals surface area contributed by atoms with E-state index in [0.29, 0.717) is 5.69 Å². The fourth-order valence-electron chi connectivity index (χ4n) is 1.29. The van der Waals surface area contributed by atoms with Gasteiger partial charge in [-0.05, 0) is 14.0 Å². The van der Waals surface area contributed by atoms with E-state index in [1.165, 1.54) is 17.9 Å². The average molecular weight is 207 g/mol. The van der Waals surface area contributed by atoms with Crippen molar-refractivity contribution in [2.75, 3.05) is 7.05 Å². The molecule has 0 amide bonds. The van der Waals surface area contributed by atoms with Crippen molar-refractivity contribution in [3.63, 3.8) is 0 Å². The third-order valence-electron chi connectivity index (χ3n) is 2.20. The van der Waals surface area contributed by atoms with E-state index in [1.54, 1.807) is 14.0 Å². The molecule has 1 heterocycles. The lowest BCUT2D eigenvalue weighted by atomic mass is 10.1. The number of rotatable bonds is 2. The average Bonchev–Trinajstić information content (AvgIpc) is 2.35. The van der Waals surface area contributed by atoms with E-state index in [1.807, 2.05) is 0 Å². The Morgan fingerprint density at radius 1 is 1.50 bits per heavy atom. The van der Waals surface area contributed by atoms with Crippen LogP contribution >= 0.6 is 0 Å². The molecule has 0 aliphatic heterocycles.